The third-order valence-corrected chi connectivity index (χ3v) is 3.12. The van der Waals surface area contributed by atoms with E-state index in [0.717, 1.165) is 29.8 Å². The van der Waals surface area contributed by atoms with Crippen LogP contribution >= 0.6 is 0 Å². The number of nitrogens with one attached hydrogen (secondary N) is 1. The van der Waals surface area contributed by atoms with Crippen molar-refractivity contribution in [3.05, 3.63) is 60.2 Å². The molecule has 0 saturated carbocycles. The average Bonchev–Trinajstić information content (AvgIpc) is 2.50. The summed E-state index contributed by atoms with van der Waals surface area (Å²) in [6, 6.07) is 17.3. The summed E-state index contributed by atoms with van der Waals surface area (Å²) < 4.78 is 5.71. The standard InChI is InChI=1S/C18H21NO2/c1-2-3-13-21-17-12-8-7-11-16(17)19-18(20)14-15-9-5-4-6-10-15/h4-12H,2-3,13-14H2,1H3,(H,19,20). The quantitative estimate of drug-likeness (QED) is 0.779. The van der Waals surface area contributed by atoms with Gasteiger partial charge in [-0.25, -0.2) is 0 Å². The van der Waals surface area contributed by atoms with Crippen LogP contribution in [0.2, 0.25) is 0 Å². The Hall–Kier alpha value is -2.29. The van der Waals surface area contributed by atoms with Crippen LogP contribution in [0.5, 0.6) is 5.75 Å². The Balaban J connectivity index is 1.97. The Morgan fingerprint density at radius 1 is 1.05 bits per heavy atom. The van der Waals surface area contributed by atoms with E-state index in [4.69, 9.17) is 4.74 Å². The predicted molar refractivity (Wildman–Crippen MR) is 85.6 cm³/mol. The van der Waals surface area contributed by atoms with Gasteiger partial charge in [0.2, 0.25) is 5.91 Å². The van der Waals surface area contributed by atoms with Crippen LogP contribution in [0.4, 0.5) is 5.69 Å². The molecule has 0 unspecified atom stereocenters. The molecule has 3 nitrogen and oxygen atoms in total. The first-order valence-corrected chi connectivity index (χ1v) is 7.35. The maximum Gasteiger partial charge on any atom is 0.228 e. The Kier molecular flexibility index (Phi) is 5.83. The summed E-state index contributed by atoms with van der Waals surface area (Å²) in [5.41, 5.74) is 1.73. The average molecular weight is 283 g/mol. The number of benzene rings is 2. The van der Waals surface area contributed by atoms with Crippen LogP contribution in [0, 0.1) is 0 Å². The van der Waals surface area contributed by atoms with Crippen molar-refractivity contribution < 1.29 is 9.53 Å². The summed E-state index contributed by atoms with van der Waals surface area (Å²) in [6.07, 6.45) is 2.46. The van der Waals surface area contributed by atoms with Crippen LogP contribution in [0.1, 0.15) is 25.3 Å². The summed E-state index contributed by atoms with van der Waals surface area (Å²) in [5.74, 6) is 0.695. The zero-order valence-electron chi connectivity index (χ0n) is 12.3. The van der Waals surface area contributed by atoms with Crippen LogP contribution in [-0.2, 0) is 11.2 Å². The first-order valence-electron chi connectivity index (χ1n) is 7.35. The zero-order chi connectivity index (χ0) is 14.9. The summed E-state index contributed by atoms with van der Waals surface area (Å²) in [7, 11) is 0. The topological polar surface area (TPSA) is 38.3 Å². The molecule has 2 aromatic carbocycles. The maximum absolute atomic E-state index is 12.1. The molecule has 0 spiro atoms. The lowest BCUT2D eigenvalue weighted by Crippen LogP contribution is -2.15. The Bertz CT molecular complexity index is 566. The van der Waals surface area contributed by atoms with E-state index in [1.807, 2.05) is 54.6 Å². The van der Waals surface area contributed by atoms with Gasteiger partial charge in [-0.1, -0.05) is 55.8 Å². The van der Waals surface area contributed by atoms with E-state index in [-0.39, 0.29) is 5.91 Å². The highest BCUT2D eigenvalue weighted by molar-refractivity contribution is 5.93. The van der Waals surface area contributed by atoms with E-state index in [9.17, 15) is 4.79 Å². The van der Waals surface area contributed by atoms with Gasteiger partial charge in [-0.3, -0.25) is 4.79 Å². The third-order valence-electron chi connectivity index (χ3n) is 3.12. The van der Waals surface area contributed by atoms with Gasteiger partial charge in [-0.15, -0.1) is 0 Å². The van der Waals surface area contributed by atoms with Gasteiger partial charge in [0.1, 0.15) is 5.75 Å². The molecule has 0 aliphatic rings. The number of para-hydroxylation sites is 2. The lowest BCUT2D eigenvalue weighted by molar-refractivity contribution is -0.115. The highest BCUT2D eigenvalue weighted by atomic mass is 16.5. The zero-order valence-corrected chi connectivity index (χ0v) is 12.3. The number of rotatable bonds is 7. The van der Waals surface area contributed by atoms with Crippen molar-refractivity contribution in [2.75, 3.05) is 11.9 Å². The molecule has 0 atom stereocenters. The first kappa shape index (κ1) is 15.1. The van der Waals surface area contributed by atoms with E-state index in [1.165, 1.54) is 0 Å². The minimum Gasteiger partial charge on any atom is -0.491 e. The lowest BCUT2D eigenvalue weighted by atomic mass is 10.1. The number of unbranched alkanes of at least 4 members (excludes halogenated alkanes) is 1. The summed E-state index contributed by atoms with van der Waals surface area (Å²) in [6.45, 7) is 2.79. The van der Waals surface area contributed by atoms with Gasteiger partial charge in [-0.2, -0.15) is 0 Å². The van der Waals surface area contributed by atoms with Crippen molar-refractivity contribution in [2.24, 2.45) is 0 Å². The molecule has 110 valence electrons. The molecule has 3 heteroatoms. The monoisotopic (exact) mass is 283 g/mol. The number of hydrogen-bond donors (Lipinski definition) is 1. The van der Waals surface area contributed by atoms with Crippen molar-refractivity contribution in [2.45, 2.75) is 26.2 Å². The second kappa shape index (κ2) is 8.10. The van der Waals surface area contributed by atoms with Crippen molar-refractivity contribution in [3.8, 4) is 5.75 Å². The molecule has 0 aromatic heterocycles. The highest BCUT2D eigenvalue weighted by Crippen LogP contribution is 2.24. The van der Waals surface area contributed by atoms with E-state index in [2.05, 4.69) is 12.2 Å². The van der Waals surface area contributed by atoms with Gasteiger partial charge >= 0.3 is 0 Å². The number of carbonyl (C=O) groups excluding carboxylic acids is 1. The molecule has 21 heavy (non-hydrogen) atoms. The van der Waals surface area contributed by atoms with E-state index in [0.29, 0.717) is 13.0 Å². The van der Waals surface area contributed by atoms with E-state index < -0.39 is 0 Å². The van der Waals surface area contributed by atoms with Gasteiger partial charge in [0.15, 0.2) is 0 Å². The first-order chi connectivity index (χ1) is 10.3. The van der Waals surface area contributed by atoms with Crippen LogP contribution < -0.4 is 10.1 Å². The normalized spacial score (nSPS) is 10.1. The Morgan fingerprint density at radius 2 is 1.76 bits per heavy atom. The lowest BCUT2D eigenvalue weighted by Gasteiger charge is -2.12. The predicted octanol–water partition coefficient (Wildman–Crippen LogP) is 4.05. The van der Waals surface area contributed by atoms with Crippen LogP contribution in [-0.4, -0.2) is 12.5 Å². The minimum atomic E-state index is -0.0345. The number of carbonyl (C=O) groups is 1. The molecule has 1 N–H and O–H groups in total. The van der Waals surface area contributed by atoms with E-state index >= 15 is 0 Å². The largest absolute Gasteiger partial charge is 0.491 e. The van der Waals surface area contributed by atoms with Gasteiger partial charge in [0.05, 0.1) is 18.7 Å². The third kappa shape index (κ3) is 4.95. The van der Waals surface area contributed by atoms with Gasteiger partial charge in [0.25, 0.3) is 0 Å². The SMILES string of the molecule is CCCCOc1ccccc1NC(=O)Cc1ccccc1. The molecule has 0 aliphatic carbocycles. The van der Waals surface area contributed by atoms with Crippen LogP contribution in [0.3, 0.4) is 0 Å². The summed E-state index contributed by atoms with van der Waals surface area (Å²) in [5, 5.41) is 2.92. The Labute approximate surface area is 126 Å². The van der Waals surface area contributed by atoms with Gasteiger partial charge in [-0.05, 0) is 24.1 Å². The summed E-state index contributed by atoms with van der Waals surface area (Å²) in [4.78, 5) is 12.1. The highest BCUT2D eigenvalue weighted by Gasteiger charge is 2.08. The molecule has 2 rings (SSSR count). The fraction of sp³-hybridized carbons (Fsp3) is 0.278. The summed E-state index contributed by atoms with van der Waals surface area (Å²) >= 11 is 0. The van der Waals surface area contributed by atoms with Crippen LogP contribution in [0.15, 0.2) is 54.6 Å². The smallest absolute Gasteiger partial charge is 0.228 e. The number of amides is 1. The molecule has 0 aliphatic heterocycles. The van der Waals surface area contributed by atoms with Crippen molar-refractivity contribution in [1.82, 2.24) is 0 Å². The molecular weight excluding hydrogens is 262 g/mol. The molecule has 0 bridgehead atoms. The maximum atomic E-state index is 12.1. The van der Waals surface area contributed by atoms with Gasteiger partial charge < -0.3 is 10.1 Å². The minimum absolute atomic E-state index is 0.0345. The van der Waals surface area contributed by atoms with Gasteiger partial charge in [0, 0.05) is 0 Å². The molecule has 0 heterocycles. The van der Waals surface area contributed by atoms with E-state index in [1.54, 1.807) is 0 Å². The number of ether oxygens (including phenoxy) is 1. The molecule has 2 aromatic rings. The van der Waals surface area contributed by atoms with Crippen molar-refractivity contribution in [1.29, 1.82) is 0 Å². The van der Waals surface area contributed by atoms with Crippen molar-refractivity contribution in [3.63, 3.8) is 0 Å². The second-order valence-corrected chi connectivity index (χ2v) is 4.91. The molecule has 0 radical (unpaired) electrons. The molecule has 0 saturated heterocycles. The number of anilines is 1. The number of hydrogen-bond acceptors (Lipinski definition) is 2. The molecular formula is C18H21NO2. The fourth-order valence-corrected chi connectivity index (χ4v) is 2.00. The molecule has 0 fully saturated rings. The second-order valence-electron chi connectivity index (χ2n) is 4.91. The molecule has 1 amide bonds. The fourth-order valence-electron chi connectivity index (χ4n) is 2.00. The van der Waals surface area contributed by atoms with Crippen molar-refractivity contribution >= 4 is 11.6 Å². The Morgan fingerprint density at radius 3 is 2.52 bits per heavy atom. The van der Waals surface area contributed by atoms with Crippen LogP contribution in [0.25, 0.3) is 0 Å².